The number of anilines is 1. The molecule has 0 bridgehead atoms. The van der Waals surface area contributed by atoms with E-state index in [1.807, 2.05) is 24.3 Å². The van der Waals surface area contributed by atoms with Crippen molar-refractivity contribution in [3.05, 3.63) is 64.7 Å². The topological polar surface area (TPSA) is 78.5 Å². The molecule has 1 fully saturated rings. The van der Waals surface area contributed by atoms with Gasteiger partial charge >= 0.3 is 0 Å². The standard InChI is InChI=1S/C22H24ClN3O3/c1-15(27)25-20(17-6-8-18(23)9-7-17)13-21(28)24-14-16-4-10-19(11-5-16)26-12-2-3-22(26)29/h4-11,20H,2-3,12-14H2,1H3,(H,24,28)(H,25,27)/t20-/m1/s1. The highest BCUT2D eigenvalue weighted by atomic mass is 35.5. The SMILES string of the molecule is CC(=O)N[C@H](CC(=O)NCc1ccc(N2CCCC2=O)cc1)c1ccc(Cl)cc1. The number of nitrogens with one attached hydrogen (secondary N) is 2. The first-order valence-electron chi connectivity index (χ1n) is 9.61. The Hall–Kier alpha value is -2.86. The van der Waals surface area contributed by atoms with Crippen LogP contribution in [0.1, 0.15) is 43.4 Å². The fourth-order valence-corrected chi connectivity index (χ4v) is 3.49. The van der Waals surface area contributed by atoms with Gasteiger partial charge in [0.25, 0.3) is 0 Å². The Morgan fingerprint density at radius 2 is 1.79 bits per heavy atom. The molecule has 0 radical (unpaired) electrons. The number of rotatable bonds is 7. The molecule has 1 aliphatic heterocycles. The molecule has 1 saturated heterocycles. The normalized spacial score (nSPS) is 14.6. The summed E-state index contributed by atoms with van der Waals surface area (Å²) in [6.07, 6.45) is 1.61. The summed E-state index contributed by atoms with van der Waals surface area (Å²) in [6.45, 7) is 2.55. The molecule has 0 spiro atoms. The second-order valence-corrected chi connectivity index (χ2v) is 7.54. The van der Waals surface area contributed by atoms with Crippen LogP contribution in [0.25, 0.3) is 0 Å². The van der Waals surface area contributed by atoms with Crippen molar-refractivity contribution >= 4 is 35.0 Å². The van der Waals surface area contributed by atoms with Crippen molar-refractivity contribution in [2.24, 2.45) is 0 Å². The first kappa shape index (κ1) is 20.9. The minimum Gasteiger partial charge on any atom is -0.352 e. The van der Waals surface area contributed by atoms with Crippen LogP contribution in [0.15, 0.2) is 48.5 Å². The van der Waals surface area contributed by atoms with Crippen LogP contribution in [0.2, 0.25) is 5.02 Å². The predicted molar refractivity (Wildman–Crippen MR) is 113 cm³/mol. The molecule has 1 aliphatic rings. The molecule has 1 heterocycles. The number of nitrogens with zero attached hydrogens (tertiary/aromatic N) is 1. The van der Waals surface area contributed by atoms with Crippen molar-refractivity contribution in [2.45, 2.75) is 38.8 Å². The lowest BCUT2D eigenvalue weighted by atomic mass is 10.0. The van der Waals surface area contributed by atoms with Crippen LogP contribution in [-0.4, -0.2) is 24.3 Å². The Morgan fingerprint density at radius 3 is 2.38 bits per heavy atom. The molecule has 3 rings (SSSR count). The van der Waals surface area contributed by atoms with E-state index in [0.29, 0.717) is 18.0 Å². The maximum absolute atomic E-state index is 12.4. The zero-order chi connectivity index (χ0) is 20.8. The smallest absolute Gasteiger partial charge is 0.227 e. The van der Waals surface area contributed by atoms with Gasteiger partial charge in [-0.05, 0) is 41.8 Å². The average Bonchev–Trinajstić information content (AvgIpc) is 3.12. The largest absolute Gasteiger partial charge is 0.352 e. The summed E-state index contributed by atoms with van der Waals surface area (Å²) in [5.74, 6) is -0.223. The molecule has 152 valence electrons. The molecule has 0 aliphatic carbocycles. The first-order chi connectivity index (χ1) is 13.9. The fraction of sp³-hybridized carbons (Fsp3) is 0.318. The van der Waals surface area contributed by atoms with Crippen molar-refractivity contribution in [3.8, 4) is 0 Å². The molecule has 0 aromatic heterocycles. The predicted octanol–water partition coefficient (Wildman–Crippen LogP) is 3.35. The summed E-state index contributed by atoms with van der Waals surface area (Å²) in [5.41, 5.74) is 2.65. The quantitative estimate of drug-likeness (QED) is 0.730. The maximum atomic E-state index is 12.4. The van der Waals surface area contributed by atoms with Crippen LogP contribution in [-0.2, 0) is 20.9 Å². The maximum Gasteiger partial charge on any atom is 0.227 e. The van der Waals surface area contributed by atoms with Crippen molar-refractivity contribution in [1.82, 2.24) is 10.6 Å². The Balaban J connectivity index is 1.56. The van der Waals surface area contributed by atoms with E-state index in [1.54, 1.807) is 29.2 Å². The Bertz CT molecular complexity index is 881. The number of hydrogen-bond donors (Lipinski definition) is 2. The number of hydrogen-bond acceptors (Lipinski definition) is 3. The Morgan fingerprint density at radius 1 is 1.10 bits per heavy atom. The summed E-state index contributed by atoms with van der Waals surface area (Å²) in [4.78, 5) is 37.6. The van der Waals surface area contributed by atoms with E-state index in [9.17, 15) is 14.4 Å². The van der Waals surface area contributed by atoms with Crippen molar-refractivity contribution in [3.63, 3.8) is 0 Å². The van der Waals surface area contributed by atoms with Gasteiger partial charge in [-0.2, -0.15) is 0 Å². The summed E-state index contributed by atoms with van der Waals surface area (Å²) >= 11 is 5.92. The first-order valence-corrected chi connectivity index (χ1v) is 9.99. The third-order valence-electron chi connectivity index (χ3n) is 4.85. The van der Waals surface area contributed by atoms with E-state index in [0.717, 1.165) is 29.8 Å². The Kier molecular flexibility index (Phi) is 6.88. The molecule has 2 aromatic rings. The molecule has 2 aromatic carbocycles. The van der Waals surface area contributed by atoms with E-state index in [2.05, 4.69) is 10.6 Å². The third kappa shape index (κ3) is 5.81. The van der Waals surface area contributed by atoms with Crippen LogP contribution in [0.3, 0.4) is 0 Å². The fourth-order valence-electron chi connectivity index (χ4n) is 3.37. The van der Waals surface area contributed by atoms with E-state index in [4.69, 9.17) is 11.6 Å². The lowest BCUT2D eigenvalue weighted by Crippen LogP contribution is -2.32. The minimum atomic E-state index is -0.423. The highest BCUT2D eigenvalue weighted by molar-refractivity contribution is 6.30. The van der Waals surface area contributed by atoms with E-state index in [-0.39, 0.29) is 24.1 Å². The summed E-state index contributed by atoms with van der Waals surface area (Å²) in [7, 11) is 0. The number of amides is 3. The Labute approximate surface area is 175 Å². The summed E-state index contributed by atoms with van der Waals surface area (Å²) in [5, 5.41) is 6.29. The van der Waals surface area contributed by atoms with Gasteiger partial charge in [-0.3, -0.25) is 14.4 Å². The molecule has 7 heteroatoms. The van der Waals surface area contributed by atoms with Crippen LogP contribution in [0.4, 0.5) is 5.69 Å². The van der Waals surface area contributed by atoms with Crippen molar-refractivity contribution < 1.29 is 14.4 Å². The molecular formula is C22H24ClN3O3. The van der Waals surface area contributed by atoms with Gasteiger partial charge < -0.3 is 15.5 Å². The molecule has 0 saturated carbocycles. The van der Waals surface area contributed by atoms with E-state index >= 15 is 0 Å². The molecule has 29 heavy (non-hydrogen) atoms. The van der Waals surface area contributed by atoms with E-state index < -0.39 is 6.04 Å². The van der Waals surface area contributed by atoms with Gasteiger partial charge in [0.2, 0.25) is 17.7 Å². The second kappa shape index (κ2) is 9.56. The van der Waals surface area contributed by atoms with Gasteiger partial charge in [-0.15, -0.1) is 0 Å². The third-order valence-corrected chi connectivity index (χ3v) is 5.10. The van der Waals surface area contributed by atoms with Crippen LogP contribution in [0, 0.1) is 0 Å². The zero-order valence-corrected chi connectivity index (χ0v) is 17.0. The van der Waals surface area contributed by atoms with E-state index in [1.165, 1.54) is 6.92 Å². The molecule has 3 amide bonds. The second-order valence-electron chi connectivity index (χ2n) is 7.10. The van der Waals surface area contributed by atoms with Gasteiger partial charge in [-0.25, -0.2) is 0 Å². The number of benzene rings is 2. The lowest BCUT2D eigenvalue weighted by Gasteiger charge is -2.18. The molecule has 1 atom stereocenters. The molecule has 2 N–H and O–H groups in total. The molecule has 6 nitrogen and oxygen atoms in total. The van der Waals surface area contributed by atoms with Crippen LogP contribution in [0.5, 0.6) is 0 Å². The molecule has 0 unspecified atom stereocenters. The number of halogens is 1. The minimum absolute atomic E-state index is 0.127. The highest BCUT2D eigenvalue weighted by Crippen LogP contribution is 2.22. The number of carbonyl (C=O) groups excluding carboxylic acids is 3. The average molecular weight is 414 g/mol. The monoisotopic (exact) mass is 413 g/mol. The highest BCUT2D eigenvalue weighted by Gasteiger charge is 2.21. The van der Waals surface area contributed by atoms with Gasteiger partial charge in [-0.1, -0.05) is 35.9 Å². The van der Waals surface area contributed by atoms with Crippen LogP contribution >= 0.6 is 11.6 Å². The van der Waals surface area contributed by atoms with Gasteiger partial charge in [0.1, 0.15) is 0 Å². The van der Waals surface area contributed by atoms with Gasteiger partial charge in [0.05, 0.1) is 12.5 Å². The molecular weight excluding hydrogens is 390 g/mol. The summed E-state index contributed by atoms with van der Waals surface area (Å²) in [6, 6.07) is 14.3. The van der Waals surface area contributed by atoms with Crippen LogP contribution < -0.4 is 15.5 Å². The zero-order valence-electron chi connectivity index (χ0n) is 16.3. The van der Waals surface area contributed by atoms with Gasteiger partial charge in [0.15, 0.2) is 0 Å². The van der Waals surface area contributed by atoms with Crippen molar-refractivity contribution in [1.29, 1.82) is 0 Å². The summed E-state index contributed by atoms with van der Waals surface area (Å²) < 4.78 is 0. The van der Waals surface area contributed by atoms with Crippen molar-refractivity contribution in [2.75, 3.05) is 11.4 Å². The van der Waals surface area contributed by atoms with Gasteiger partial charge in [0, 0.05) is 37.1 Å². The lowest BCUT2D eigenvalue weighted by molar-refractivity contribution is -0.123. The number of carbonyl (C=O) groups is 3.